The molecule has 2 aromatic carbocycles. The van der Waals surface area contributed by atoms with Gasteiger partial charge in [0.15, 0.2) is 11.5 Å². The number of anilines is 1. The van der Waals surface area contributed by atoms with Crippen molar-refractivity contribution in [2.75, 3.05) is 4.72 Å². The summed E-state index contributed by atoms with van der Waals surface area (Å²) in [6, 6.07) is 10.8. The molecule has 0 aliphatic carbocycles. The molecule has 1 amide bonds. The van der Waals surface area contributed by atoms with Gasteiger partial charge in [-0.05, 0) is 63.4 Å². The van der Waals surface area contributed by atoms with Crippen molar-refractivity contribution < 1.29 is 13.2 Å². The number of aromatic amines is 1. The molecule has 0 bridgehead atoms. The maximum atomic E-state index is 13.2. The van der Waals surface area contributed by atoms with Crippen LogP contribution in [0.25, 0.3) is 5.65 Å². The van der Waals surface area contributed by atoms with E-state index in [1.54, 1.807) is 22.7 Å². The van der Waals surface area contributed by atoms with Gasteiger partial charge in [0, 0.05) is 22.7 Å². The number of fused-ring (bicyclic) bond motifs is 1. The highest BCUT2D eigenvalue weighted by Gasteiger charge is 2.23. The quantitative estimate of drug-likeness (QED) is 0.311. The number of carbonyl (C=O) groups is 1. The van der Waals surface area contributed by atoms with Crippen LogP contribution in [-0.4, -0.2) is 29.9 Å². The topological polar surface area (TPSA) is 113 Å². The summed E-state index contributed by atoms with van der Waals surface area (Å²) in [6.07, 6.45) is 0. The van der Waals surface area contributed by atoms with Crippen molar-refractivity contribution in [1.82, 2.24) is 25.1 Å². The van der Waals surface area contributed by atoms with Crippen LogP contribution in [0.2, 0.25) is 0 Å². The second kappa shape index (κ2) is 10.0. The number of benzene rings is 2. The fraction of sp³-hybridized carbons (Fsp3) is 0.370. The SMILES string of the molecule is Cc1cc(C)c(OS(=O)Nc2ccc(C)c(C(=O)NC(C)c3nnc4cc(C(C)(C)C)[nH]n34)c2)c(C)c1. The molecule has 196 valence electrons. The minimum absolute atomic E-state index is 0.0738. The van der Waals surface area contributed by atoms with E-state index >= 15 is 0 Å². The Labute approximate surface area is 219 Å². The number of carbonyl (C=O) groups excluding carboxylic acids is 1. The summed E-state index contributed by atoms with van der Waals surface area (Å²) < 4.78 is 23.0. The molecule has 2 aromatic heterocycles. The van der Waals surface area contributed by atoms with E-state index in [9.17, 15) is 9.00 Å². The van der Waals surface area contributed by atoms with Gasteiger partial charge in [0.2, 0.25) is 0 Å². The molecule has 0 fully saturated rings. The van der Waals surface area contributed by atoms with E-state index in [0.717, 1.165) is 27.9 Å². The number of H-pyrrole nitrogens is 1. The molecule has 10 heteroatoms. The number of rotatable bonds is 7. The zero-order chi connectivity index (χ0) is 27.1. The summed E-state index contributed by atoms with van der Waals surface area (Å²) in [5.74, 6) is 0.906. The molecule has 0 spiro atoms. The molecule has 0 saturated heterocycles. The first-order valence-electron chi connectivity index (χ1n) is 12.1. The van der Waals surface area contributed by atoms with Crippen molar-refractivity contribution in [3.63, 3.8) is 0 Å². The van der Waals surface area contributed by atoms with E-state index in [4.69, 9.17) is 4.18 Å². The molecule has 2 unspecified atom stereocenters. The summed E-state index contributed by atoms with van der Waals surface area (Å²) in [4.78, 5) is 13.2. The van der Waals surface area contributed by atoms with Crippen LogP contribution in [0.5, 0.6) is 5.75 Å². The van der Waals surface area contributed by atoms with Gasteiger partial charge in [-0.2, -0.15) is 4.21 Å². The average Bonchev–Trinajstić information content (AvgIpc) is 3.38. The van der Waals surface area contributed by atoms with Crippen molar-refractivity contribution >= 4 is 28.5 Å². The minimum atomic E-state index is -1.84. The van der Waals surface area contributed by atoms with Crippen molar-refractivity contribution in [3.8, 4) is 5.75 Å². The smallest absolute Gasteiger partial charge is 0.316 e. The maximum Gasteiger partial charge on any atom is 0.316 e. The summed E-state index contributed by atoms with van der Waals surface area (Å²) >= 11 is -1.84. The van der Waals surface area contributed by atoms with Crippen LogP contribution < -0.4 is 14.2 Å². The Hall–Kier alpha value is -3.66. The molecule has 3 N–H and O–H groups in total. The molecule has 0 aliphatic heterocycles. The summed E-state index contributed by atoms with van der Waals surface area (Å²) in [5.41, 5.74) is 6.33. The highest BCUT2D eigenvalue weighted by Crippen LogP contribution is 2.26. The summed E-state index contributed by atoms with van der Waals surface area (Å²) in [7, 11) is 0. The van der Waals surface area contributed by atoms with Gasteiger partial charge in [0.05, 0.1) is 11.7 Å². The number of nitrogens with zero attached hydrogens (tertiary/aromatic N) is 3. The van der Waals surface area contributed by atoms with Crippen LogP contribution >= 0.6 is 0 Å². The van der Waals surface area contributed by atoms with Crippen molar-refractivity contribution in [3.05, 3.63) is 75.7 Å². The van der Waals surface area contributed by atoms with Crippen LogP contribution in [-0.2, 0) is 16.7 Å². The van der Waals surface area contributed by atoms with E-state index in [1.165, 1.54) is 0 Å². The zero-order valence-corrected chi connectivity index (χ0v) is 23.3. The molecule has 4 rings (SSSR count). The molecule has 0 saturated carbocycles. The predicted molar refractivity (Wildman–Crippen MR) is 146 cm³/mol. The number of hydrogen-bond donors (Lipinski definition) is 3. The highest BCUT2D eigenvalue weighted by atomic mass is 32.2. The Morgan fingerprint density at radius 1 is 1.03 bits per heavy atom. The summed E-state index contributed by atoms with van der Waals surface area (Å²) in [6.45, 7) is 15.9. The third-order valence-electron chi connectivity index (χ3n) is 6.21. The number of hydrogen-bond acceptors (Lipinski definition) is 5. The van der Waals surface area contributed by atoms with E-state index in [1.807, 2.05) is 52.8 Å². The van der Waals surface area contributed by atoms with Gasteiger partial charge < -0.3 is 9.50 Å². The second-order valence-corrected chi connectivity index (χ2v) is 11.4. The van der Waals surface area contributed by atoms with Gasteiger partial charge in [-0.1, -0.05) is 44.5 Å². The van der Waals surface area contributed by atoms with E-state index in [2.05, 4.69) is 46.1 Å². The molecular weight excluding hydrogens is 488 g/mol. The van der Waals surface area contributed by atoms with E-state index in [-0.39, 0.29) is 11.3 Å². The Morgan fingerprint density at radius 2 is 1.70 bits per heavy atom. The number of aromatic nitrogens is 4. The van der Waals surface area contributed by atoms with Crippen molar-refractivity contribution in [1.29, 1.82) is 0 Å². The van der Waals surface area contributed by atoms with Gasteiger partial charge >= 0.3 is 11.3 Å². The lowest BCUT2D eigenvalue weighted by molar-refractivity contribution is 0.0937. The lowest BCUT2D eigenvalue weighted by atomic mass is 9.93. The Bertz CT molecular complexity index is 1470. The monoisotopic (exact) mass is 522 g/mol. The van der Waals surface area contributed by atoms with Gasteiger partial charge in [-0.3, -0.25) is 14.6 Å². The second-order valence-electron chi connectivity index (χ2n) is 10.5. The molecule has 2 atom stereocenters. The van der Waals surface area contributed by atoms with Gasteiger partial charge in [-0.25, -0.2) is 4.52 Å². The largest absolute Gasteiger partial charge is 0.384 e. The minimum Gasteiger partial charge on any atom is -0.384 e. The molecule has 4 aromatic rings. The highest BCUT2D eigenvalue weighted by molar-refractivity contribution is 7.82. The van der Waals surface area contributed by atoms with E-state index in [0.29, 0.717) is 28.5 Å². The van der Waals surface area contributed by atoms with Crippen LogP contribution in [0.3, 0.4) is 0 Å². The number of amides is 1. The predicted octanol–water partition coefficient (Wildman–Crippen LogP) is 5.15. The maximum absolute atomic E-state index is 13.2. The average molecular weight is 523 g/mol. The molecule has 9 nitrogen and oxygen atoms in total. The Balaban J connectivity index is 1.49. The van der Waals surface area contributed by atoms with Crippen molar-refractivity contribution in [2.45, 2.75) is 66.8 Å². The fourth-order valence-corrected chi connectivity index (χ4v) is 5.00. The van der Waals surface area contributed by atoms with Crippen molar-refractivity contribution in [2.24, 2.45) is 0 Å². The first kappa shape index (κ1) is 26.4. The zero-order valence-electron chi connectivity index (χ0n) is 22.5. The first-order valence-corrected chi connectivity index (χ1v) is 13.2. The van der Waals surface area contributed by atoms with E-state index < -0.39 is 17.3 Å². The molecule has 0 aliphatic rings. The van der Waals surface area contributed by atoms with Crippen LogP contribution in [0.4, 0.5) is 5.69 Å². The Kier molecular flexibility index (Phi) is 7.14. The number of aryl methyl sites for hydroxylation is 4. The van der Waals surface area contributed by atoms with Gasteiger partial charge in [0.1, 0.15) is 5.75 Å². The first-order chi connectivity index (χ1) is 17.3. The lowest BCUT2D eigenvalue weighted by Gasteiger charge is -2.16. The molecule has 2 heterocycles. The van der Waals surface area contributed by atoms with Gasteiger partial charge in [-0.15, -0.1) is 10.2 Å². The van der Waals surface area contributed by atoms with Crippen LogP contribution in [0, 0.1) is 27.7 Å². The summed E-state index contributed by atoms with van der Waals surface area (Å²) in [5, 5.41) is 14.8. The van der Waals surface area contributed by atoms with Gasteiger partial charge in [0.25, 0.3) is 5.91 Å². The van der Waals surface area contributed by atoms with Crippen LogP contribution in [0.1, 0.15) is 77.9 Å². The van der Waals surface area contributed by atoms with Crippen LogP contribution in [0.15, 0.2) is 36.4 Å². The lowest BCUT2D eigenvalue weighted by Crippen LogP contribution is -2.29. The Morgan fingerprint density at radius 3 is 2.35 bits per heavy atom. The normalized spacial score (nSPS) is 13.4. The standard InChI is InChI=1S/C27H34N6O3S/c1-15-11-17(3)24(18(4)12-15)36-37(35)32-20-10-9-16(2)21(13-20)26(34)28-19(5)25-30-29-23-14-22(27(6,7)8)31-33(23)25/h9-14,19,31-32H,1-8H3,(H,28,34). The third kappa shape index (κ3) is 5.69. The third-order valence-corrected chi connectivity index (χ3v) is 6.93. The molecule has 0 radical (unpaired) electrons. The fourth-order valence-electron chi connectivity index (χ4n) is 4.22. The molecule has 37 heavy (non-hydrogen) atoms. The number of nitrogens with one attached hydrogen (secondary N) is 3. The molecular formula is C27H34N6O3S.